The number of hydrogen-bond donors (Lipinski definition) is 1. The first-order valence-corrected chi connectivity index (χ1v) is 8.11. The highest BCUT2D eigenvalue weighted by Crippen LogP contribution is 2.19. The second-order valence-electron chi connectivity index (χ2n) is 5.81. The first-order chi connectivity index (χ1) is 12.0. The van der Waals surface area contributed by atoms with Gasteiger partial charge in [0.05, 0.1) is 0 Å². The minimum atomic E-state index is -0.296. The van der Waals surface area contributed by atoms with Gasteiger partial charge in [0.1, 0.15) is 30.5 Å². The highest BCUT2D eigenvalue weighted by atomic mass is 19.1. The van der Waals surface area contributed by atoms with E-state index in [2.05, 4.69) is 5.32 Å². The van der Waals surface area contributed by atoms with Crippen molar-refractivity contribution in [2.24, 2.45) is 0 Å². The van der Waals surface area contributed by atoms with E-state index in [4.69, 9.17) is 9.47 Å². The number of anilines is 1. The number of rotatable bonds is 7. The van der Waals surface area contributed by atoms with Gasteiger partial charge in [-0.25, -0.2) is 9.18 Å². The van der Waals surface area contributed by atoms with Crippen LogP contribution in [0.25, 0.3) is 0 Å². The van der Waals surface area contributed by atoms with Gasteiger partial charge in [-0.3, -0.25) is 4.90 Å². The summed E-state index contributed by atoms with van der Waals surface area (Å²) in [4.78, 5) is 13.5. The van der Waals surface area contributed by atoms with Crippen LogP contribution in [0.5, 0.6) is 11.5 Å². The average Bonchev–Trinajstić information content (AvgIpc) is 2.59. The molecule has 0 unspecified atom stereocenters. The van der Waals surface area contributed by atoms with Gasteiger partial charge in [0.15, 0.2) is 0 Å². The van der Waals surface area contributed by atoms with Crippen molar-refractivity contribution < 1.29 is 18.7 Å². The van der Waals surface area contributed by atoms with E-state index in [-0.39, 0.29) is 17.9 Å². The van der Waals surface area contributed by atoms with Crippen molar-refractivity contribution in [3.63, 3.8) is 0 Å². The van der Waals surface area contributed by atoms with Crippen LogP contribution in [0.1, 0.15) is 13.8 Å². The fraction of sp³-hybridized carbons (Fsp3) is 0.316. The van der Waals surface area contributed by atoms with Gasteiger partial charge in [-0.15, -0.1) is 0 Å². The Kier molecular flexibility index (Phi) is 6.62. The maximum absolute atomic E-state index is 12.8. The molecule has 134 valence electrons. The van der Waals surface area contributed by atoms with E-state index in [1.54, 1.807) is 36.2 Å². The lowest BCUT2D eigenvalue weighted by Gasteiger charge is -2.20. The highest BCUT2D eigenvalue weighted by Gasteiger charge is 2.11. The zero-order valence-corrected chi connectivity index (χ0v) is 14.7. The molecular weight excluding hydrogens is 323 g/mol. The molecule has 0 fully saturated rings. The zero-order chi connectivity index (χ0) is 18.2. The number of benzene rings is 2. The van der Waals surface area contributed by atoms with Crippen LogP contribution in [0.3, 0.4) is 0 Å². The quantitative estimate of drug-likeness (QED) is 0.775. The monoisotopic (exact) mass is 346 g/mol. The average molecular weight is 346 g/mol. The fourth-order valence-corrected chi connectivity index (χ4v) is 2.08. The van der Waals surface area contributed by atoms with Gasteiger partial charge in [-0.2, -0.15) is 0 Å². The molecule has 0 aliphatic heterocycles. The Bertz CT molecular complexity index is 672. The molecule has 2 aromatic carbocycles. The molecule has 2 rings (SSSR count). The summed E-state index contributed by atoms with van der Waals surface area (Å²) >= 11 is 0. The Morgan fingerprint density at radius 3 is 1.96 bits per heavy atom. The summed E-state index contributed by atoms with van der Waals surface area (Å²) in [6, 6.07) is 13.0. The van der Waals surface area contributed by atoms with Crippen LogP contribution >= 0.6 is 0 Å². The molecule has 6 heteroatoms. The lowest BCUT2D eigenvalue weighted by Crippen LogP contribution is -2.40. The van der Waals surface area contributed by atoms with Crippen molar-refractivity contribution in [1.82, 2.24) is 5.32 Å². The highest BCUT2D eigenvalue weighted by molar-refractivity contribution is 5.91. The third-order valence-corrected chi connectivity index (χ3v) is 3.38. The van der Waals surface area contributed by atoms with E-state index in [0.29, 0.717) is 24.7 Å². The van der Waals surface area contributed by atoms with Gasteiger partial charge in [-0.1, -0.05) is 0 Å². The molecule has 0 saturated heterocycles. The smallest absolute Gasteiger partial charge is 0.321 e. The molecule has 0 bridgehead atoms. The number of carbonyl (C=O) groups is 1. The largest absolute Gasteiger partial charge is 0.490 e. The first kappa shape index (κ1) is 18.6. The topological polar surface area (TPSA) is 50.8 Å². The number of nitrogens with one attached hydrogen (secondary N) is 1. The SMILES string of the molecule is CC(C)NC(=O)N(C)c1ccc(OCCOc2ccc(F)cc2)cc1. The minimum absolute atomic E-state index is 0.0821. The summed E-state index contributed by atoms with van der Waals surface area (Å²) in [5.74, 6) is 0.984. The third-order valence-electron chi connectivity index (χ3n) is 3.38. The van der Waals surface area contributed by atoms with Crippen LogP contribution in [0.2, 0.25) is 0 Å². The van der Waals surface area contributed by atoms with Gasteiger partial charge >= 0.3 is 6.03 Å². The first-order valence-electron chi connectivity index (χ1n) is 8.11. The van der Waals surface area contributed by atoms with Crippen LogP contribution in [-0.2, 0) is 0 Å². The number of urea groups is 1. The van der Waals surface area contributed by atoms with E-state index in [9.17, 15) is 9.18 Å². The summed E-state index contributed by atoms with van der Waals surface area (Å²) in [7, 11) is 1.71. The Morgan fingerprint density at radius 2 is 1.48 bits per heavy atom. The maximum atomic E-state index is 12.8. The van der Waals surface area contributed by atoms with Gasteiger partial charge in [-0.05, 0) is 62.4 Å². The molecule has 0 aliphatic carbocycles. The van der Waals surface area contributed by atoms with Crippen LogP contribution in [0.4, 0.5) is 14.9 Å². The van der Waals surface area contributed by atoms with Gasteiger partial charge in [0, 0.05) is 18.8 Å². The normalized spacial score (nSPS) is 10.4. The molecule has 0 atom stereocenters. The second-order valence-corrected chi connectivity index (χ2v) is 5.81. The molecule has 5 nitrogen and oxygen atoms in total. The number of carbonyl (C=O) groups excluding carboxylic acids is 1. The third kappa shape index (κ3) is 5.99. The summed E-state index contributed by atoms with van der Waals surface area (Å²) in [5, 5.41) is 2.83. The standard InChI is InChI=1S/C19H23FN2O3/c1-14(2)21-19(23)22(3)16-6-10-18(11-7-16)25-13-12-24-17-8-4-15(20)5-9-17/h4-11,14H,12-13H2,1-3H3,(H,21,23). The molecule has 0 aliphatic rings. The van der Waals surface area contributed by atoms with Crippen molar-refractivity contribution in [3.05, 3.63) is 54.3 Å². The molecule has 25 heavy (non-hydrogen) atoms. The molecule has 0 radical (unpaired) electrons. The summed E-state index contributed by atoms with van der Waals surface area (Å²) < 4.78 is 23.8. The van der Waals surface area contributed by atoms with Crippen LogP contribution in [0, 0.1) is 5.82 Å². The second kappa shape index (κ2) is 8.92. The Hall–Kier alpha value is -2.76. The Balaban J connectivity index is 1.78. The summed E-state index contributed by atoms with van der Waals surface area (Å²) in [6.07, 6.45) is 0. The summed E-state index contributed by atoms with van der Waals surface area (Å²) in [6.45, 7) is 4.54. The molecule has 2 aromatic rings. The van der Waals surface area contributed by atoms with Crippen molar-refractivity contribution in [1.29, 1.82) is 0 Å². The fourth-order valence-electron chi connectivity index (χ4n) is 2.08. The predicted octanol–water partition coefficient (Wildman–Crippen LogP) is 3.84. The molecule has 2 amide bonds. The number of amides is 2. The molecule has 0 heterocycles. The zero-order valence-electron chi connectivity index (χ0n) is 14.7. The van der Waals surface area contributed by atoms with Crippen molar-refractivity contribution in [2.75, 3.05) is 25.2 Å². The van der Waals surface area contributed by atoms with E-state index in [0.717, 1.165) is 5.69 Å². The maximum Gasteiger partial charge on any atom is 0.321 e. The van der Waals surface area contributed by atoms with Crippen LogP contribution in [0.15, 0.2) is 48.5 Å². The van der Waals surface area contributed by atoms with Gasteiger partial charge in [0.2, 0.25) is 0 Å². The number of hydrogen-bond acceptors (Lipinski definition) is 3. The Morgan fingerprint density at radius 1 is 1.00 bits per heavy atom. The molecule has 0 aromatic heterocycles. The van der Waals surface area contributed by atoms with Gasteiger partial charge in [0.25, 0.3) is 0 Å². The molecular formula is C19H23FN2O3. The molecule has 0 saturated carbocycles. The van der Waals surface area contributed by atoms with E-state index in [1.165, 1.54) is 12.1 Å². The Labute approximate surface area is 147 Å². The lowest BCUT2D eigenvalue weighted by molar-refractivity contribution is 0.217. The van der Waals surface area contributed by atoms with Crippen molar-refractivity contribution in [3.8, 4) is 11.5 Å². The molecule has 0 spiro atoms. The van der Waals surface area contributed by atoms with E-state index < -0.39 is 0 Å². The number of ether oxygens (including phenoxy) is 2. The van der Waals surface area contributed by atoms with Crippen molar-refractivity contribution >= 4 is 11.7 Å². The number of halogens is 1. The minimum Gasteiger partial charge on any atom is -0.490 e. The summed E-state index contributed by atoms with van der Waals surface area (Å²) in [5.41, 5.74) is 0.771. The van der Waals surface area contributed by atoms with Crippen molar-refractivity contribution in [2.45, 2.75) is 19.9 Å². The van der Waals surface area contributed by atoms with E-state index in [1.807, 2.05) is 26.0 Å². The van der Waals surface area contributed by atoms with Crippen LogP contribution in [-0.4, -0.2) is 32.3 Å². The number of nitrogens with zero attached hydrogens (tertiary/aromatic N) is 1. The van der Waals surface area contributed by atoms with Gasteiger partial charge < -0.3 is 14.8 Å². The molecule has 1 N–H and O–H groups in total. The predicted molar refractivity (Wildman–Crippen MR) is 95.9 cm³/mol. The van der Waals surface area contributed by atoms with E-state index >= 15 is 0 Å². The van der Waals surface area contributed by atoms with Crippen LogP contribution < -0.4 is 19.7 Å². The lowest BCUT2D eigenvalue weighted by atomic mass is 10.3.